The van der Waals surface area contributed by atoms with Gasteiger partial charge in [-0.3, -0.25) is 9.59 Å². The number of hydrogen-bond donors (Lipinski definition) is 0. The summed E-state index contributed by atoms with van der Waals surface area (Å²) in [6, 6.07) is 0. The summed E-state index contributed by atoms with van der Waals surface area (Å²) in [5.41, 5.74) is 0.932. The van der Waals surface area contributed by atoms with Crippen molar-refractivity contribution in [3.8, 4) is 0 Å². The second kappa shape index (κ2) is 11.0. The van der Waals surface area contributed by atoms with Gasteiger partial charge in [-0.05, 0) is 78.3 Å². The number of rotatable bonds is 9. The fourth-order valence-corrected chi connectivity index (χ4v) is 15.0. The molecule has 0 amide bonds. The van der Waals surface area contributed by atoms with Crippen molar-refractivity contribution < 1.29 is 23.5 Å². The molecule has 7 atom stereocenters. The lowest BCUT2D eigenvalue weighted by atomic mass is 9.50. The third kappa shape index (κ3) is 4.78. The molecule has 0 spiro atoms. The quantitative estimate of drug-likeness (QED) is 0.184. The van der Waals surface area contributed by atoms with Crippen LogP contribution in [0.5, 0.6) is 0 Å². The maximum Gasteiger partial charge on any atom is 0.309 e. The highest BCUT2D eigenvalue weighted by Crippen LogP contribution is 2.63. The van der Waals surface area contributed by atoms with Gasteiger partial charge < -0.3 is 14.0 Å². The number of ketones is 1. The highest BCUT2D eigenvalue weighted by Gasteiger charge is 2.60. The molecule has 0 bridgehead atoms. The molecule has 0 aromatic heterocycles. The minimum atomic E-state index is -2.05. The van der Waals surface area contributed by atoms with Gasteiger partial charge in [-0.15, -0.1) is 0 Å². The first-order chi connectivity index (χ1) is 16.8. The van der Waals surface area contributed by atoms with Gasteiger partial charge in [0.25, 0.3) is 0 Å². The molecule has 0 saturated heterocycles. The van der Waals surface area contributed by atoms with Crippen LogP contribution in [0.1, 0.15) is 107 Å². The number of esters is 1. The predicted molar refractivity (Wildman–Crippen MR) is 146 cm³/mol. The number of fused-ring (bicyclic) bond motifs is 1. The monoisotopic (exact) mass is 520 g/mol. The van der Waals surface area contributed by atoms with Crippen molar-refractivity contribution in [1.82, 2.24) is 0 Å². The van der Waals surface area contributed by atoms with Gasteiger partial charge in [-0.2, -0.15) is 0 Å². The van der Waals surface area contributed by atoms with E-state index in [2.05, 4.69) is 55.4 Å². The Labute approximate surface area is 221 Å². The van der Waals surface area contributed by atoms with Crippen LogP contribution in [0.15, 0.2) is 0 Å². The molecule has 0 heterocycles. The van der Waals surface area contributed by atoms with E-state index in [0.29, 0.717) is 35.2 Å². The van der Waals surface area contributed by atoms with E-state index in [4.69, 9.17) is 9.16 Å². The first-order valence-electron chi connectivity index (χ1n) is 14.5. The van der Waals surface area contributed by atoms with Crippen LogP contribution in [-0.2, 0) is 23.5 Å². The Kier molecular flexibility index (Phi) is 9.03. The molecule has 0 unspecified atom stereocenters. The summed E-state index contributed by atoms with van der Waals surface area (Å²) in [6.45, 7) is 18.2. The summed E-state index contributed by atoms with van der Waals surface area (Å²) in [5.74, 6) is 0.732. The molecule has 3 aliphatic carbocycles. The predicted octanol–water partition coefficient (Wildman–Crippen LogP) is 7.13. The van der Waals surface area contributed by atoms with E-state index in [-0.39, 0.29) is 41.2 Å². The van der Waals surface area contributed by atoms with E-state index >= 15 is 0 Å². The van der Waals surface area contributed by atoms with Crippen LogP contribution in [0.3, 0.4) is 0 Å². The lowest BCUT2D eigenvalue weighted by Gasteiger charge is -2.54. The van der Waals surface area contributed by atoms with Crippen LogP contribution in [0.2, 0.25) is 16.6 Å². The largest absolute Gasteiger partial charge is 0.469 e. The molecule has 6 heteroatoms. The van der Waals surface area contributed by atoms with E-state index < -0.39 is 13.7 Å². The molecular weight excluding hydrogens is 468 g/mol. The van der Waals surface area contributed by atoms with Gasteiger partial charge in [-0.25, -0.2) is 0 Å². The van der Waals surface area contributed by atoms with Gasteiger partial charge in [-0.1, -0.05) is 55.4 Å². The molecule has 0 aromatic carbocycles. The van der Waals surface area contributed by atoms with Gasteiger partial charge in [0.15, 0.2) is 0 Å². The van der Waals surface area contributed by atoms with Crippen LogP contribution >= 0.6 is 0 Å². The van der Waals surface area contributed by atoms with E-state index in [9.17, 15) is 14.4 Å². The van der Waals surface area contributed by atoms with Crippen molar-refractivity contribution in [3.05, 3.63) is 0 Å². The molecule has 3 aliphatic rings. The van der Waals surface area contributed by atoms with Crippen LogP contribution in [0.25, 0.3) is 0 Å². The Morgan fingerprint density at radius 3 is 2.08 bits per heavy atom. The summed E-state index contributed by atoms with van der Waals surface area (Å²) >= 11 is 0. The van der Waals surface area contributed by atoms with Crippen LogP contribution in [0.4, 0.5) is 0 Å². The van der Waals surface area contributed by atoms with Crippen molar-refractivity contribution in [1.29, 1.82) is 0 Å². The number of carbonyl (C=O) groups is 3. The first-order valence-corrected chi connectivity index (χ1v) is 16.7. The summed E-state index contributed by atoms with van der Waals surface area (Å²) < 4.78 is 12.2. The zero-order valence-corrected chi connectivity index (χ0v) is 25.4. The van der Waals surface area contributed by atoms with Crippen molar-refractivity contribution in [2.45, 2.75) is 129 Å². The van der Waals surface area contributed by atoms with E-state index in [1.54, 1.807) is 0 Å². The third-order valence-electron chi connectivity index (χ3n) is 11.2. The Hall–Kier alpha value is -1.01. The molecular formula is C30H52O5Si. The third-order valence-corrected chi connectivity index (χ3v) is 17.4. The van der Waals surface area contributed by atoms with Gasteiger partial charge in [0.2, 0.25) is 8.32 Å². The maximum atomic E-state index is 13.9. The molecule has 3 fully saturated rings. The normalized spacial score (nSPS) is 37.4. The lowest BCUT2D eigenvalue weighted by molar-refractivity contribution is -0.155. The molecule has 0 N–H and O–H groups in total. The molecule has 0 aliphatic heterocycles. The van der Waals surface area contributed by atoms with Gasteiger partial charge in [0.1, 0.15) is 12.1 Å². The second-order valence-electron chi connectivity index (χ2n) is 13.6. The number of methoxy groups -OCH3 is 1. The smallest absolute Gasteiger partial charge is 0.309 e. The van der Waals surface area contributed by atoms with E-state index in [1.807, 2.05) is 0 Å². The Balaban J connectivity index is 1.82. The molecule has 206 valence electrons. The fourth-order valence-electron chi connectivity index (χ4n) is 9.38. The highest BCUT2D eigenvalue weighted by atomic mass is 28.4. The van der Waals surface area contributed by atoms with E-state index in [0.717, 1.165) is 44.8 Å². The fraction of sp³-hybridized carbons (Fsp3) is 0.900. The Bertz CT molecular complexity index is 800. The zero-order valence-electron chi connectivity index (χ0n) is 24.4. The first kappa shape index (κ1) is 29.5. The zero-order chi connectivity index (χ0) is 27.1. The number of hydrogen-bond acceptors (Lipinski definition) is 5. The summed E-state index contributed by atoms with van der Waals surface area (Å²) in [5, 5.41) is 0. The van der Waals surface area contributed by atoms with Crippen LogP contribution < -0.4 is 0 Å². The molecule has 0 radical (unpaired) electrons. The number of aldehydes is 1. The molecule has 5 nitrogen and oxygen atoms in total. The summed E-state index contributed by atoms with van der Waals surface area (Å²) in [4.78, 5) is 38.4. The average Bonchev–Trinajstić information content (AvgIpc) is 3.16. The average molecular weight is 521 g/mol. The molecule has 3 saturated carbocycles. The lowest BCUT2D eigenvalue weighted by Crippen LogP contribution is -2.55. The molecule has 3 rings (SSSR count). The van der Waals surface area contributed by atoms with E-state index in [1.165, 1.54) is 7.11 Å². The van der Waals surface area contributed by atoms with Gasteiger partial charge >= 0.3 is 5.97 Å². The minimum Gasteiger partial charge on any atom is -0.469 e. The number of ether oxygens (including phenoxy) is 1. The highest BCUT2D eigenvalue weighted by molar-refractivity contribution is 6.77. The van der Waals surface area contributed by atoms with Gasteiger partial charge in [0.05, 0.1) is 19.1 Å². The van der Waals surface area contributed by atoms with Crippen molar-refractivity contribution in [2.75, 3.05) is 7.11 Å². The SMILES string of the molecule is COC(=O)[C@H]1CC[C@H]2[C@H](CC=O)[C@@H]([C@@]3(C)CC[C@H](O[Si](C(C)C)(C(C)C)C(C)C)CC3=O)CC[C@]12C. The summed E-state index contributed by atoms with van der Waals surface area (Å²) in [6.07, 6.45) is 7.36. The van der Waals surface area contributed by atoms with Crippen molar-refractivity contribution in [3.63, 3.8) is 0 Å². The van der Waals surface area contributed by atoms with Crippen LogP contribution in [0, 0.1) is 34.5 Å². The number of carbonyl (C=O) groups excluding carboxylic acids is 3. The topological polar surface area (TPSA) is 69.7 Å². The summed E-state index contributed by atoms with van der Waals surface area (Å²) in [7, 11) is -0.573. The number of Topliss-reactive ketones (excluding diaryl/α,β-unsaturated/α-hetero) is 1. The Morgan fingerprint density at radius 1 is 0.972 bits per heavy atom. The standard InChI is InChI=1S/C30H52O5Si/c1-19(2)36(20(3)4,21(5)6)35-22-12-15-30(8,27(32)18-22)25-13-16-29(7)24(23(25)14-17-31)10-11-26(29)28(33)34-9/h17,19-26H,10-16,18H2,1-9H3/t22-,23-,24-,25-,26+,29-,30+/m0/s1. The Morgan fingerprint density at radius 2 is 1.58 bits per heavy atom. The van der Waals surface area contributed by atoms with Crippen molar-refractivity contribution in [2.24, 2.45) is 34.5 Å². The van der Waals surface area contributed by atoms with Crippen molar-refractivity contribution >= 4 is 26.4 Å². The van der Waals surface area contributed by atoms with Gasteiger partial charge in [0, 0.05) is 18.3 Å². The second-order valence-corrected chi connectivity index (χ2v) is 19.0. The maximum absolute atomic E-state index is 13.9. The molecule has 0 aromatic rings. The minimum absolute atomic E-state index is 0.0120. The molecule has 36 heavy (non-hydrogen) atoms. The van der Waals surface area contributed by atoms with Crippen LogP contribution in [-0.4, -0.2) is 39.6 Å².